The average molecular weight is 199 g/mol. The van der Waals surface area contributed by atoms with Crippen LogP contribution in [0.2, 0.25) is 0 Å². The number of ether oxygens (including phenoxy) is 1. The largest absolute Gasteiger partial charge is 0.377 e. The Morgan fingerprint density at radius 2 is 2.07 bits per heavy atom. The highest BCUT2D eigenvalue weighted by atomic mass is 16.5. The molecule has 0 radical (unpaired) electrons. The van der Waals surface area contributed by atoms with E-state index >= 15 is 0 Å². The summed E-state index contributed by atoms with van der Waals surface area (Å²) in [7, 11) is 0. The number of hydrogen-bond donors (Lipinski definition) is 1. The van der Waals surface area contributed by atoms with Gasteiger partial charge in [0, 0.05) is 19.2 Å². The second-order valence-electron chi connectivity index (χ2n) is 4.54. The molecule has 0 amide bonds. The van der Waals surface area contributed by atoms with Crippen LogP contribution in [-0.4, -0.2) is 25.3 Å². The molecule has 0 aromatic heterocycles. The van der Waals surface area contributed by atoms with E-state index in [2.05, 4.69) is 26.1 Å². The van der Waals surface area contributed by atoms with Gasteiger partial charge < -0.3 is 10.1 Å². The molecule has 1 aliphatic carbocycles. The lowest BCUT2D eigenvalue weighted by Crippen LogP contribution is -2.41. The zero-order chi connectivity index (χ0) is 10.4. The van der Waals surface area contributed by atoms with E-state index in [-0.39, 0.29) is 0 Å². The van der Waals surface area contributed by atoms with Crippen molar-refractivity contribution in [2.24, 2.45) is 5.92 Å². The minimum atomic E-state index is 0.356. The molecular weight excluding hydrogens is 174 g/mol. The fourth-order valence-corrected chi connectivity index (χ4v) is 2.28. The third-order valence-corrected chi connectivity index (χ3v) is 3.23. The van der Waals surface area contributed by atoms with Crippen LogP contribution in [0, 0.1) is 5.92 Å². The first-order valence-electron chi connectivity index (χ1n) is 6.09. The zero-order valence-corrected chi connectivity index (χ0v) is 9.88. The van der Waals surface area contributed by atoms with E-state index < -0.39 is 0 Å². The maximum absolute atomic E-state index is 5.51. The van der Waals surface area contributed by atoms with Gasteiger partial charge in [0.2, 0.25) is 0 Å². The fourth-order valence-electron chi connectivity index (χ4n) is 2.28. The summed E-state index contributed by atoms with van der Waals surface area (Å²) in [5.74, 6) is 0.845. The quantitative estimate of drug-likeness (QED) is 0.735. The average Bonchev–Trinajstić information content (AvgIpc) is 2.17. The summed E-state index contributed by atoms with van der Waals surface area (Å²) in [5, 5.41) is 3.63. The third-order valence-electron chi connectivity index (χ3n) is 3.23. The molecule has 1 saturated carbocycles. The van der Waals surface area contributed by atoms with E-state index in [4.69, 9.17) is 4.74 Å². The standard InChI is InChI=1S/C12H25NO/c1-4-14-11(3)9-13-12-8-6-5-7-10(12)2/h10-13H,4-9H2,1-3H3. The third kappa shape index (κ3) is 3.97. The molecule has 0 saturated heterocycles. The molecule has 0 bridgehead atoms. The molecule has 0 heterocycles. The topological polar surface area (TPSA) is 21.3 Å². The first-order chi connectivity index (χ1) is 6.74. The zero-order valence-electron chi connectivity index (χ0n) is 9.88. The molecule has 3 unspecified atom stereocenters. The van der Waals surface area contributed by atoms with Crippen molar-refractivity contribution < 1.29 is 4.74 Å². The summed E-state index contributed by atoms with van der Waals surface area (Å²) in [6.45, 7) is 8.39. The number of nitrogens with one attached hydrogen (secondary N) is 1. The minimum Gasteiger partial charge on any atom is -0.377 e. The van der Waals surface area contributed by atoms with E-state index in [0.29, 0.717) is 6.10 Å². The van der Waals surface area contributed by atoms with Crippen LogP contribution in [-0.2, 0) is 4.74 Å². The van der Waals surface area contributed by atoms with E-state index in [9.17, 15) is 0 Å². The highest BCUT2D eigenvalue weighted by Crippen LogP contribution is 2.23. The van der Waals surface area contributed by atoms with Gasteiger partial charge in [0.25, 0.3) is 0 Å². The lowest BCUT2D eigenvalue weighted by Gasteiger charge is -2.30. The van der Waals surface area contributed by atoms with Crippen LogP contribution < -0.4 is 5.32 Å². The van der Waals surface area contributed by atoms with Gasteiger partial charge in [-0.05, 0) is 32.6 Å². The molecule has 0 aromatic rings. The Hall–Kier alpha value is -0.0800. The molecule has 0 aromatic carbocycles. The van der Waals surface area contributed by atoms with E-state index in [1.54, 1.807) is 0 Å². The molecule has 0 aliphatic heterocycles. The summed E-state index contributed by atoms with van der Waals surface area (Å²) in [6.07, 6.45) is 5.90. The van der Waals surface area contributed by atoms with Crippen molar-refractivity contribution in [2.75, 3.05) is 13.2 Å². The van der Waals surface area contributed by atoms with Gasteiger partial charge in [-0.15, -0.1) is 0 Å². The molecule has 1 N–H and O–H groups in total. The second-order valence-corrected chi connectivity index (χ2v) is 4.54. The van der Waals surface area contributed by atoms with Crippen LogP contribution in [0.3, 0.4) is 0 Å². The lowest BCUT2D eigenvalue weighted by atomic mass is 9.86. The van der Waals surface area contributed by atoms with Gasteiger partial charge in [-0.2, -0.15) is 0 Å². The predicted molar refractivity (Wildman–Crippen MR) is 60.5 cm³/mol. The van der Waals surface area contributed by atoms with Gasteiger partial charge in [-0.1, -0.05) is 19.8 Å². The van der Waals surface area contributed by atoms with Gasteiger partial charge in [0.05, 0.1) is 6.10 Å². The van der Waals surface area contributed by atoms with Crippen LogP contribution in [0.15, 0.2) is 0 Å². The predicted octanol–water partition coefficient (Wildman–Crippen LogP) is 2.58. The van der Waals surface area contributed by atoms with Crippen LogP contribution >= 0.6 is 0 Å². The first kappa shape index (κ1) is 12.0. The highest BCUT2D eigenvalue weighted by molar-refractivity contribution is 4.78. The Labute approximate surface area is 88.4 Å². The monoisotopic (exact) mass is 199 g/mol. The van der Waals surface area contributed by atoms with Crippen molar-refractivity contribution in [3.63, 3.8) is 0 Å². The minimum absolute atomic E-state index is 0.356. The normalized spacial score (nSPS) is 30.2. The SMILES string of the molecule is CCOC(C)CNC1CCCCC1C. The number of rotatable bonds is 5. The molecule has 84 valence electrons. The Balaban J connectivity index is 2.15. The molecule has 1 fully saturated rings. The van der Waals surface area contributed by atoms with E-state index in [1.165, 1.54) is 25.7 Å². The van der Waals surface area contributed by atoms with Crippen molar-refractivity contribution in [1.29, 1.82) is 0 Å². The summed E-state index contributed by atoms with van der Waals surface area (Å²) in [4.78, 5) is 0. The summed E-state index contributed by atoms with van der Waals surface area (Å²) in [6, 6.07) is 0.728. The van der Waals surface area contributed by atoms with Crippen LogP contribution in [0.1, 0.15) is 46.5 Å². The maximum atomic E-state index is 5.51. The van der Waals surface area contributed by atoms with Gasteiger partial charge in [0.1, 0.15) is 0 Å². The van der Waals surface area contributed by atoms with Crippen molar-refractivity contribution in [3.8, 4) is 0 Å². The molecule has 2 nitrogen and oxygen atoms in total. The van der Waals surface area contributed by atoms with Crippen molar-refractivity contribution >= 4 is 0 Å². The Kier molecular flexibility index (Phi) is 5.49. The van der Waals surface area contributed by atoms with Crippen molar-refractivity contribution in [3.05, 3.63) is 0 Å². The highest BCUT2D eigenvalue weighted by Gasteiger charge is 2.20. The van der Waals surface area contributed by atoms with Gasteiger partial charge in [-0.3, -0.25) is 0 Å². The van der Waals surface area contributed by atoms with Gasteiger partial charge in [-0.25, -0.2) is 0 Å². The van der Waals surface area contributed by atoms with E-state index in [1.807, 2.05) is 0 Å². The fraction of sp³-hybridized carbons (Fsp3) is 1.00. The second kappa shape index (κ2) is 6.41. The molecule has 14 heavy (non-hydrogen) atoms. The van der Waals surface area contributed by atoms with Crippen molar-refractivity contribution in [2.45, 2.75) is 58.6 Å². The van der Waals surface area contributed by atoms with E-state index in [0.717, 1.165) is 25.1 Å². The van der Waals surface area contributed by atoms with Gasteiger partial charge >= 0.3 is 0 Å². The Morgan fingerprint density at radius 3 is 2.71 bits per heavy atom. The molecule has 0 spiro atoms. The van der Waals surface area contributed by atoms with Crippen LogP contribution in [0.4, 0.5) is 0 Å². The van der Waals surface area contributed by atoms with Crippen molar-refractivity contribution in [1.82, 2.24) is 5.32 Å². The molecular formula is C12H25NO. The lowest BCUT2D eigenvalue weighted by molar-refractivity contribution is 0.0706. The molecule has 1 aliphatic rings. The summed E-state index contributed by atoms with van der Waals surface area (Å²) >= 11 is 0. The Morgan fingerprint density at radius 1 is 1.36 bits per heavy atom. The molecule has 1 rings (SSSR count). The first-order valence-corrected chi connectivity index (χ1v) is 6.09. The Bertz CT molecular complexity index is 149. The van der Waals surface area contributed by atoms with Crippen LogP contribution in [0.25, 0.3) is 0 Å². The smallest absolute Gasteiger partial charge is 0.0671 e. The summed E-state index contributed by atoms with van der Waals surface area (Å²) in [5.41, 5.74) is 0. The molecule has 2 heteroatoms. The molecule has 3 atom stereocenters. The number of hydrogen-bond acceptors (Lipinski definition) is 2. The maximum Gasteiger partial charge on any atom is 0.0671 e. The summed E-state index contributed by atoms with van der Waals surface area (Å²) < 4.78 is 5.51. The van der Waals surface area contributed by atoms with Gasteiger partial charge in [0.15, 0.2) is 0 Å². The van der Waals surface area contributed by atoms with Crippen LogP contribution in [0.5, 0.6) is 0 Å².